The average molecular weight is 404 g/mol. The molecule has 5 aromatic carbocycles. The highest BCUT2D eigenvalue weighted by molar-refractivity contribution is 6.64. The minimum Gasteiger partial charge on any atom is -0.399 e. The Kier molecular flexibility index (Phi) is 3.84. The third-order valence-electron chi connectivity index (χ3n) is 7.29. The fraction of sp³-hybridized carbons (Fsp3) is 0.214. The Hall–Kier alpha value is -2.88. The number of hydrogen-bond acceptors (Lipinski definition) is 2. The second kappa shape index (κ2) is 6.32. The summed E-state index contributed by atoms with van der Waals surface area (Å²) in [6.45, 7) is 8.41. The molecule has 0 bridgehead atoms. The largest absolute Gasteiger partial charge is 0.495 e. The van der Waals surface area contributed by atoms with Crippen LogP contribution in [0.3, 0.4) is 0 Å². The second-order valence-corrected chi connectivity index (χ2v) is 9.64. The van der Waals surface area contributed by atoms with Gasteiger partial charge in [0, 0.05) is 0 Å². The van der Waals surface area contributed by atoms with E-state index >= 15 is 0 Å². The van der Waals surface area contributed by atoms with E-state index in [1.165, 1.54) is 43.4 Å². The van der Waals surface area contributed by atoms with Gasteiger partial charge in [-0.15, -0.1) is 0 Å². The lowest BCUT2D eigenvalue weighted by molar-refractivity contribution is 0.00578. The van der Waals surface area contributed by atoms with Crippen LogP contribution in [0.5, 0.6) is 0 Å². The zero-order valence-corrected chi connectivity index (χ0v) is 18.4. The van der Waals surface area contributed by atoms with Crippen molar-refractivity contribution in [2.24, 2.45) is 0 Å². The van der Waals surface area contributed by atoms with Crippen molar-refractivity contribution in [2.75, 3.05) is 0 Å². The molecule has 3 heteroatoms. The van der Waals surface area contributed by atoms with Gasteiger partial charge < -0.3 is 9.31 Å². The van der Waals surface area contributed by atoms with Crippen LogP contribution in [-0.4, -0.2) is 18.3 Å². The third kappa shape index (κ3) is 2.67. The Balaban J connectivity index is 1.61. The molecule has 2 nitrogen and oxygen atoms in total. The van der Waals surface area contributed by atoms with Crippen LogP contribution in [0.1, 0.15) is 27.7 Å². The maximum absolute atomic E-state index is 6.42. The summed E-state index contributed by atoms with van der Waals surface area (Å²) in [5, 5.41) is 7.78. The first kappa shape index (κ1) is 18.9. The van der Waals surface area contributed by atoms with E-state index in [0.717, 1.165) is 5.46 Å². The topological polar surface area (TPSA) is 18.5 Å². The smallest absolute Gasteiger partial charge is 0.399 e. The molecule has 0 aromatic heterocycles. The lowest BCUT2D eigenvalue weighted by Crippen LogP contribution is -2.41. The zero-order chi connectivity index (χ0) is 21.4. The molecule has 152 valence electrons. The molecule has 0 N–H and O–H groups in total. The highest BCUT2D eigenvalue weighted by Gasteiger charge is 2.52. The van der Waals surface area contributed by atoms with E-state index in [9.17, 15) is 0 Å². The summed E-state index contributed by atoms with van der Waals surface area (Å²) >= 11 is 0. The molecule has 0 unspecified atom stereocenters. The van der Waals surface area contributed by atoms with Crippen molar-refractivity contribution in [3.8, 4) is 11.1 Å². The van der Waals surface area contributed by atoms with E-state index in [1.54, 1.807) is 0 Å². The molecular weight excluding hydrogens is 379 g/mol. The lowest BCUT2D eigenvalue weighted by Gasteiger charge is -2.32. The molecule has 0 aliphatic carbocycles. The van der Waals surface area contributed by atoms with Crippen molar-refractivity contribution in [1.29, 1.82) is 0 Å². The minimum atomic E-state index is -0.389. The fourth-order valence-corrected chi connectivity index (χ4v) is 4.89. The molecule has 0 spiro atoms. The summed E-state index contributed by atoms with van der Waals surface area (Å²) in [7, 11) is -0.389. The molecule has 1 aliphatic heterocycles. The molecule has 0 amide bonds. The van der Waals surface area contributed by atoms with Crippen LogP contribution in [0.2, 0.25) is 0 Å². The van der Waals surface area contributed by atoms with Crippen molar-refractivity contribution in [3.05, 3.63) is 78.9 Å². The normalized spacial score (nSPS) is 17.9. The first-order valence-electron chi connectivity index (χ1n) is 11.0. The molecule has 0 atom stereocenters. The van der Waals surface area contributed by atoms with Crippen molar-refractivity contribution in [2.45, 2.75) is 38.9 Å². The molecule has 6 rings (SSSR count). The van der Waals surface area contributed by atoms with Gasteiger partial charge in [-0.05, 0) is 76.6 Å². The van der Waals surface area contributed by atoms with Crippen LogP contribution in [0.4, 0.5) is 0 Å². The second-order valence-electron chi connectivity index (χ2n) is 9.64. The van der Waals surface area contributed by atoms with E-state index in [4.69, 9.17) is 9.31 Å². The van der Waals surface area contributed by atoms with E-state index < -0.39 is 0 Å². The summed E-state index contributed by atoms with van der Waals surface area (Å²) in [5.41, 5.74) is 2.73. The summed E-state index contributed by atoms with van der Waals surface area (Å²) in [6, 6.07) is 28.5. The van der Waals surface area contributed by atoms with Crippen LogP contribution in [0, 0.1) is 0 Å². The molecular formula is C28H25BO2. The van der Waals surface area contributed by atoms with Gasteiger partial charge in [0.05, 0.1) is 11.2 Å². The van der Waals surface area contributed by atoms with E-state index in [-0.39, 0.29) is 18.3 Å². The average Bonchev–Trinajstić information content (AvgIpc) is 2.99. The minimum absolute atomic E-state index is 0.368. The summed E-state index contributed by atoms with van der Waals surface area (Å²) in [5.74, 6) is 0. The Morgan fingerprint density at radius 2 is 1.13 bits per heavy atom. The molecule has 0 saturated carbocycles. The van der Waals surface area contributed by atoms with Gasteiger partial charge in [-0.25, -0.2) is 0 Å². The van der Waals surface area contributed by atoms with E-state index in [1.807, 2.05) is 0 Å². The van der Waals surface area contributed by atoms with Gasteiger partial charge in [-0.2, -0.15) is 0 Å². The molecule has 1 heterocycles. The summed E-state index contributed by atoms with van der Waals surface area (Å²) in [6.07, 6.45) is 0. The van der Waals surface area contributed by atoms with Gasteiger partial charge in [0.25, 0.3) is 0 Å². The zero-order valence-electron chi connectivity index (χ0n) is 18.4. The van der Waals surface area contributed by atoms with Crippen molar-refractivity contribution in [3.63, 3.8) is 0 Å². The highest BCUT2D eigenvalue weighted by atomic mass is 16.7. The molecule has 31 heavy (non-hydrogen) atoms. The van der Waals surface area contributed by atoms with Crippen molar-refractivity contribution >= 4 is 44.9 Å². The van der Waals surface area contributed by atoms with Gasteiger partial charge in [-0.3, -0.25) is 0 Å². The highest BCUT2D eigenvalue weighted by Crippen LogP contribution is 2.40. The number of benzene rings is 5. The Labute approximate surface area is 183 Å². The Morgan fingerprint density at radius 1 is 0.548 bits per heavy atom. The first-order chi connectivity index (χ1) is 14.9. The molecule has 1 aliphatic rings. The summed E-state index contributed by atoms with van der Waals surface area (Å²) < 4.78 is 12.8. The van der Waals surface area contributed by atoms with E-state index in [2.05, 4.69) is 107 Å². The van der Waals surface area contributed by atoms with E-state index in [0.29, 0.717) is 0 Å². The van der Waals surface area contributed by atoms with Gasteiger partial charge >= 0.3 is 7.12 Å². The third-order valence-corrected chi connectivity index (χ3v) is 7.29. The standard InChI is InChI=1S/C28H25BO2/c1-27(2)28(3,4)31-29(30-27)24-11-6-5-10-22(24)21-16-14-20-13-12-18-8-7-9-19-15-17-23(21)26(20)25(18)19/h5-17H,1-4H3. The maximum atomic E-state index is 6.42. The van der Waals surface area contributed by atoms with Gasteiger partial charge in [-0.1, -0.05) is 78.9 Å². The Morgan fingerprint density at radius 3 is 1.84 bits per heavy atom. The lowest BCUT2D eigenvalue weighted by atomic mass is 9.73. The fourth-order valence-electron chi connectivity index (χ4n) is 4.89. The maximum Gasteiger partial charge on any atom is 0.495 e. The number of hydrogen-bond donors (Lipinski definition) is 0. The van der Waals surface area contributed by atoms with Gasteiger partial charge in [0.15, 0.2) is 0 Å². The summed E-state index contributed by atoms with van der Waals surface area (Å²) in [4.78, 5) is 0. The predicted molar refractivity (Wildman–Crippen MR) is 131 cm³/mol. The van der Waals surface area contributed by atoms with Crippen molar-refractivity contribution < 1.29 is 9.31 Å². The van der Waals surface area contributed by atoms with Crippen LogP contribution in [-0.2, 0) is 9.31 Å². The van der Waals surface area contributed by atoms with Gasteiger partial charge in [0.1, 0.15) is 0 Å². The predicted octanol–water partition coefficient (Wildman–Crippen LogP) is 6.55. The van der Waals surface area contributed by atoms with Gasteiger partial charge in [0.2, 0.25) is 0 Å². The van der Waals surface area contributed by atoms with Crippen LogP contribution < -0.4 is 5.46 Å². The molecule has 1 saturated heterocycles. The molecule has 5 aromatic rings. The number of rotatable bonds is 2. The molecule has 1 fully saturated rings. The SMILES string of the molecule is CC1(C)OB(c2ccccc2-c2ccc3ccc4cccc5ccc2c3c45)OC1(C)C. The van der Waals surface area contributed by atoms with Crippen LogP contribution >= 0.6 is 0 Å². The van der Waals surface area contributed by atoms with Crippen LogP contribution in [0.15, 0.2) is 78.9 Å². The monoisotopic (exact) mass is 404 g/mol. The molecule has 0 radical (unpaired) electrons. The first-order valence-corrected chi connectivity index (χ1v) is 11.0. The van der Waals surface area contributed by atoms with Crippen LogP contribution in [0.25, 0.3) is 43.4 Å². The van der Waals surface area contributed by atoms with Crippen molar-refractivity contribution in [1.82, 2.24) is 0 Å². The quantitative estimate of drug-likeness (QED) is 0.245. The Bertz CT molecular complexity index is 1420.